The first kappa shape index (κ1) is 19.2. The van der Waals surface area contributed by atoms with Gasteiger partial charge in [-0.05, 0) is 50.9 Å². The topological polar surface area (TPSA) is 23.0 Å². The van der Waals surface area contributed by atoms with Crippen molar-refractivity contribution in [2.75, 3.05) is 32.0 Å². The summed E-state index contributed by atoms with van der Waals surface area (Å²) in [6.07, 6.45) is 5.44. The highest BCUT2D eigenvalue weighted by Gasteiger charge is 2.49. The average Bonchev–Trinajstić information content (AvgIpc) is 2.95. The van der Waals surface area contributed by atoms with Crippen molar-refractivity contribution >= 4 is 23.8 Å². The Balaban J connectivity index is 1.89. The van der Waals surface area contributed by atoms with Crippen LogP contribution in [0.5, 0.6) is 0 Å². The van der Waals surface area contributed by atoms with Crippen molar-refractivity contribution in [1.82, 2.24) is 10.1 Å². The van der Waals surface area contributed by atoms with Crippen LogP contribution in [-0.4, -0.2) is 31.9 Å². The van der Waals surface area contributed by atoms with Gasteiger partial charge in [-0.15, -0.1) is 0 Å². The van der Waals surface area contributed by atoms with Gasteiger partial charge in [0, 0.05) is 6.42 Å². The Morgan fingerprint density at radius 3 is 2.41 bits per heavy atom. The lowest BCUT2D eigenvalue weighted by atomic mass is 9.82. The minimum atomic E-state index is -2.11. The number of likely N-dealkylation sites (tertiary alicyclic amines) is 1. The Labute approximate surface area is 169 Å². The lowest BCUT2D eigenvalue weighted by Gasteiger charge is -2.37. The summed E-state index contributed by atoms with van der Waals surface area (Å²) in [6.45, 7) is 7.20. The lowest BCUT2D eigenvalue weighted by molar-refractivity contribution is -0.868. The molecule has 1 aliphatic carbocycles. The standard InChI is InChI=1S/C21H31N4PS/c1-21(2)15-18-20(19(16-21)24-13-9-6-10-14-24)26(27,23(3)4)25(22-18)17-11-7-5-8-12-17/h5,7-8,11-12,15,22H,6,9-10,13-14,16H2,1-4H3/p+1/t26-/m1/s1. The second-order valence-corrected chi connectivity index (χ2v) is 13.1. The third kappa shape index (κ3) is 3.29. The van der Waals surface area contributed by atoms with E-state index in [0.29, 0.717) is 0 Å². The third-order valence-electron chi connectivity index (χ3n) is 5.92. The van der Waals surface area contributed by atoms with Gasteiger partial charge in [0.1, 0.15) is 11.0 Å². The Hall–Kier alpha value is -1.13. The molecule has 0 spiro atoms. The van der Waals surface area contributed by atoms with E-state index in [1.807, 2.05) is 0 Å². The molecule has 1 aromatic rings. The van der Waals surface area contributed by atoms with Crippen molar-refractivity contribution in [3.63, 3.8) is 0 Å². The van der Waals surface area contributed by atoms with Gasteiger partial charge < -0.3 is 4.90 Å². The van der Waals surface area contributed by atoms with Crippen molar-refractivity contribution < 1.29 is 4.90 Å². The Kier molecular flexibility index (Phi) is 5.00. The number of nitrogens with one attached hydrogen (secondary N) is 2. The van der Waals surface area contributed by atoms with Gasteiger partial charge in [0.05, 0.1) is 24.5 Å². The zero-order valence-electron chi connectivity index (χ0n) is 17.0. The van der Waals surface area contributed by atoms with Crippen LogP contribution in [-0.2, 0) is 11.8 Å². The number of piperidine rings is 1. The highest BCUT2D eigenvalue weighted by molar-refractivity contribution is 8.16. The van der Waals surface area contributed by atoms with Gasteiger partial charge in [0.25, 0.3) is 0 Å². The fourth-order valence-electron chi connectivity index (χ4n) is 4.65. The molecule has 0 bridgehead atoms. The van der Waals surface area contributed by atoms with Crippen molar-refractivity contribution in [2.24, 2.45) is 5.41 Å². The van der Waals surface area contributed by atoms with Crippen molar-refractivity contribution in [3.05, 3.63) is 53.1 Å². The molecule has 27 heavy (non-hydrogen) atoms. The number of hydrogen-bond acceptors (Lipinski definition) is 2. The van der Waals surface area contributed by atoms with Gasteiger partial charge in [-0.1, -0.05) is 49.9 Å². The van der Waals surface area contributed by atoms with E-state index in [1.54, 1.807) is 10.6 Å². The second-order valence-electron chi connectivity index (χ2n) is 8.87. The number of anilines is 1. The molecule has 2 N–H and O–H groups in total. The fourth-order valence-corrected chi connectivity index (χ4v) is 8.35. The maximum absolute atomic E-state index is 6.50. The summed E-state index contributed by atoms with van der Waals surface area (Å²) in [4.78, 5) is 1.67. The lowest BCUT2D eigenvalue weighted by Crippen LogP contribution is -3.11. The number of para-hydroxylation sites is 1. The molecule has 2 heterocycles. The minimum Gasteiger partial charge on any atom is -0.305 e. The fraction of sp³-hybridized carbons (Fsp3) is 0.524. The van der Waals surface area contributed by atoms with Crippen molar-refractivity contribution in [3.8, 4) is 0 Å². The highest BCUT2D eigenvalue weighted by atomic mass is 32.4. The molecule has 1 aromatic carbocycles. The molecule has 0 amide bonds. The van der Waals surface area contributed by atoms with E-state index in [-0.39, 0.29) is 5.41 Å². The molecule has 146 valence electrons. The predicted octanol–water partition coefficient (Wildman–Crippen LogP) is 3.48. The number of nitrogens with zero attached hydrogens (tertiary/aromatic N) is 2. The molecule has 6 heteroatoms. The Bertz CT molecular complexity index is 822. The van der Waals surface area contributed by atoms with Gasteiger partial charge in [-0.25, -0.2) is 4.78 Å². The van der Waals surface area contributed by atoms with E-state index in [2.05, 4.69) is 79.2 Å². The van der Waals surface area contributed by atoms with E-state index in [4.69, 9.17) is 11.8 Å². The predicted molar refractivity (Wildman–Crippen MR) is 118 cm³/mol. The number of benzene rings is 1. The maximum Gasteiger partial charge on any atom is 0.155 e. The van der Waals surface area contributed by atoms with Crippen LogP contribution in [0.2, 0.25) is 0 Å². The summed E-state index contributed by atoms with van der Waals surface area (Å²) in [5, 5.41) is 1.42. The number of quaternary nitrogens is 1. The zero-order chi connectivity index (χ0) is 19.2. The molecule has 0 aromatic heterocycles. The Morgan fingerprint density at radius 1 is 1.11 bits per heavy atom. The Morgan fingerprint density at radius 2 is 1.78 bits per heavy atom. The largest absolute Gasteiger partial charge is 0.305 e. The van der Waals surface area contributed by atoms with E-state index >= 15 is 0 Å². The van der Waals surface area contributed by atoms with E-state index in [0.717, 1.165) is 12.1 Å². The molecule has 3 aliphatic rings. The van der Waals surface area contributed by atoms with Crippen LogP contribution in [0.1, 0.15) is 39.5 Å². The molecule has 2 fully saturated rings. The molecule has 0 radical (unpaired) electrons. The molecule has 4 rings (SSSR count). The summed E-state index contributed by atoms with van der Waals surface area (Å²) in [5.74, 6) is 0. The number of hydrogen-bond donors (Lipinski definition) is 2. The first-order chi connectivity index (χ1) is 12.8. The summed E-state index contributed by atoms with van der Waals surface area (Å²) in [6, 6.07) is 10.6. The molecule has 4 nitrogen and oxygen atoms in total. The average molecular weight is 404 g/mol. The number of fused-ring (bicyclic) bond motifs is 1. The molecule has 2 aliphatic heterocycles. The SMILES string of the molecule is CN(C)[P@]1(=S)C2=C([NH+]3CCCCC3)CC(C)(C)C=C2NN1c1ccccc1. The third-order valence-corrected chi connectivity index (χ3v) is 11.0. The van der Waals surface area contributed by atoms with E-state index in [1.165, 1.54) is 43.4 Å². The van der Waals surface area contributed by atoms with Crippen LogP contribution < -0.4 is 15.1 Å². The summed E-state index contributed by atoms with van der Waals surface area (Å²) >= 11 is 6.50. The molecule has 0 unspecified atom stereocenters. The van der Waals surface area contributed by atoms with Crippen LogP contribution in [0.3, 0.4) is 0 Å². The van der Waals surface area contributed by atoms with Crippen LogP contribution in [0.15, 0.2) is 53.1 Å². The maximum atomic E-state index is 6.50. The monoisotopic (exact) mass is 403 g/mol. The first-order valence-electron chi connectivity index (χ1n) is 10.1. The minimum absolute atomic E-state index is 0.158. The molecule has 0 saturated carbocycles. The molecule has 2 saturated heterocycles. The van der Waals surface area contributed by atoms with Crippen LogP contribution in [0.4, 0.5) is 5.69 Å². The molecular formula is C21H32N4PS+. The number of allylic oxidation sites excluding steroid dienone is 3. The van der Waals surface area contributed by atoms with E-state index < -0.39 is 6.34 Å². The second kappa shape index (κ2) is 7.04. The summed E-state index contributed by atoms with van der Waals surface area (Å²) < 4.78 is 4.58. The van der Waals surface area contributed by atoms with Crippen LogP contribution >= 0.6 is 6.34 Å². The number of rotatable bonds is 3. The first-order valence-corrected chi connectivity index (χ1v) is 12.8. The van der Waals surface area contributed by atoms with E-state index in [9.17, 15) is 0 Å². The van der Waals surface area contributed by atoms with Crippen molar-refractivity contribution in [1.29, 1.82) is 0 Å². The van der Waals surface area contributed by atoms with Gasteiger partial charge in [0.15, 0.2) is 6.34 Å². The van der Waals surface area contributed by atoms with Gasteiger partial charge in [-0.2, -0.15) is 0 Å². The summed E-state index contributed by atoms with van der Waals surface area (Å²) in [5.41, 5.74) is 7.87. The molecular weight excluding hydrogens is 371 g/mol. The zero-order valence-corrected chi connectivity index (χ0v) is 18.7. The van der Waals surface area contributed by atoms with Crippen LogP contribution in [0, 0.1) is 5.41 Å². The smallest absolute Gasteiger partial charge is 0.155 e. The van der Waals surface area contributed by atoms with Gasteiger partial charge in [-0.3, -0.25) is 10.1 Å². The summed E-state index contributed by atoms with van der Waals surface area (Å²) in [7, 11) is 4.30. The van der Waals surface area contributed by atoms with Gasteiger partial charge in [0.2, 0.25) is 0 Å². The normalized spacial score (nSPS) is 28.2. The molecule has 1 atom stereocenters. The van der Waals surface area contributed by atoms with Crippen LogP contribution in [0.25, 0.3) is 0 Å². The van der Waals surface area contributed by atoms with Gasteiger partial charge >= 0.3 is 0 Å². The van der Waals surface area contributed by atoms with Crippen molar-refractivity contribution in [2.45, 2.75) is 39.5 Å². The number of hydrazine groups is 1. The highest BCUT2D eigenvalue weighted by Crippen LogP contribution is 2.67. The quantitative estimate of drug-likeness (QED) is 0.755.